The van der Waals surface area contributed by atoms with Crippen LogP contribution in [-0.2, 0) is 16.1 Å². The monoisotopic (exact) mass is 493 g/mol. The van der Waals surface area contributed by atoms with Gasteiger partial charge in [-0.3, -0.25) is 25.0 Å². The summed E-state index contributed by atoms with van der Waals surface area (Å²) in [5, 5.41) is 8.61. The Balaban J connectivity index is 0.000000197. The van der Waals surface area contributed by atoms with Crippen LogP contribution in [0.5, 0.6) is 5.75 Å². The third-order valence-electron chi connectivity index (χ3n) is 5.52. The summed E-state index contributed by atoms with van der Waals surface area (Å²) in [6, 6.07) is 6.04. The lowest BCUT2D eigenvalue weighted by molar-refractivity contribution is -0.120. The zero-order valence-electron chi connectivity index (χ0n) is 19.1. The minimum atomic E-state index is -1.09. The summed E-state index contributed by atoms with van der Waals surface area (Å²) in [7, 11) is 3.40. The van der Waals surface area contributed by atoms with Crippen molar-refractivity contribution in [1.29, 1.82) is 0 Å². The van der Waals surface area contributed by atoms with Gasteiger partial charge >= 0.3 is 12.1 Å². The van der Waals surface area contributed by atoms with Gasteiger partial charge < -0.3 is 20.3 Å². The maximum atomic E-state index is 14.1. The molecule has 3 aliphatic heterocycles. The molecule has 11 nitrogen and oxygen atoms in total. The highest BCUT2D eigenvalue weighted by Gasteiger charge is 2.33. The molecule has 0 radical (unpaired) electrons. The molecule has 2 saturated heterocycles. The highest BCUT2D eigenvalue weighted by Crippen LogP contribution is 2.25. The van der Waals surface area contributed by atoms with Crippen molar-refractivity contribution in [1.82, 2.24) is 26.2 Å². The standard InChI is InChI=1S/C14H9FN4O4.C10H11NO2/c15-8-5-6(2-4-9-11(20)18-13(22)16-9)1-3-7(8)10-12(21)19-14(23)17-10;1-11-6-7-3-4-8(13-2)5-9(7)10(11)12/h1,3,5,9-10H,(H2,16,18,20,22)(H2,17,19,21,23);3-5H,6H2,1-2H3. The second-order valence-electron chi connectivity index (χ2n) is 7.98. The molecule has 0 spiro atoms. The number of rotatable bonds is 2. The van der Waals surface area contributed by atoms with Gasteiger partial charge in [0.05, 0.1) is 7.11 Å². The SMILES string of the molecule is COc1ccc2c(c1)C(=O)N(C)C2.O=C1NC(=O)C(C#Cc2ccc(C3NC(=O)NC3=O)c(F)c2)N1. The number of carbonyl (C=O) groups excluding carboxylic acids is 5. The zero-order valence-corrected chi connectivity index (χ0v) is 19.1. The predicted octanol–water partition coefficient (Wildman–Crippen LogP) is 0.547. The van der Waals surface area contributed by atoms with Gasteiger partial charge in [0, 0.05) is 30.3 Å². The second kappa shape index (κ2) is 9.75. The fourth-order valence-corrected chi connectivity index (χ4v) is 3.70. The molecule has 3 heterocycles. The number of imide groups is 2. The van der Waals surface area contributed by atoms with E-state index in [0.717, 1.165) is 22.9 Å². The number of nitrogens with zero attached hydrogens (tertiary/aromatic N) is 1. The van der Waals surface area contributed by atoms with Crippen LogP contribution in [0, 0.1) is 17.7 Å². The highest BCUT2D eigenvalue weighted by atomic mass is 19.1. The van der Waals surface area contributed by atoms with Crippen LogP contribution >= 0.6 is 0 Å². The maximum absolute atomic E-state index is 14.1. The number of methoxy groups -OCH3 is 1. The van der Waals surface area contributed by atoms with Crippen molar-refractivity contribution in [2.24, 2.45) is 0 Å². The number of benzene rings is 2. The van der Waals surface area contributed by atoms with Crippen LogP contribution in [0.2, 0.25) is 0 Å². The van der Waals surface area contributed by atoms with Gasteiger partial charge in [-0.1, -0.05) is 24.0 Å². The first-order valence-corrected chi connectivity index (χ1v) is 10.6. The molecule has 12 heteroatoms. The summed E-state index contributed by atoms with van der Waals surface area (Å²) < 4.78 is 19.1. The smallest absolute Gasteiger partial charge is 0.322 e. The lowest BCUT2D eigenvalue weighted by Gasteiger charge is -2.08. The third kappa shape index (κ3) is 4.95. The molecule has 0 bridgehead atoms. The van der Waals surface area contributed by atoms with Crippen LogP contribution < -0.4 is 26.0 Å². The quantitative estimate of drug-likeness (QED) is 0.355. The van der Waals surface area contributed by atoms with E-state index in [2.05, 4.69) is 22.5 Å². The Labute approximate surface area is 204 Å². The van der Waals surface area contributed by atoms with E-state index in [-0.39, 0.29) is 17.0 Å². The molecule has 2 unspecified atom stereocenters. The largest absolute Gasteiger partial charge is 0.497 e. The summed E-state index contributed by atoms with van der Waals surface area (Å²) in [5.74, 6) is 3.94. The zero-order chi connectivity index (χ0) is 26.0. The first-order valence-electron chi connectivity index (χ1n) is 10.6. The summed E-state index contributed by atoms with van der Waals surface area (Å²) in [4.78, 5) is 58.1. The normalized spacial score (nSPS) is 19.8. The van der Waals surface area contributed by atoms with Crippen molar-refractivity contribution in [3.05, 3.63) is 64.5 Å². The molecule has 2 atom stereocenters. The van der Waals surface area contributed by atoms with E-state index in [9.17, 15) is 28.4 Å². The molecule has 0 saturated carbocycles. The lowest BCUT2D eigenvalue weighted by atomic mass is 10.0. The van der Waals surface area contributed by atoms with Crippen LogP contribution in [0.3, 0.4) is 0 Å². The Morgan fingerprint density at radius 1 is 0.972 bits per heavy atom. The molecule has 4 N–H and O–H groups in total. The first-order chi connectivity index (χ1) is 17.2. The van der Waals surface area contributed by atoms with E-state index in [1.54, 1.807) is 25.1 Å². The van der Waals surface area contributed by atoms with Gasteiger partial charge in [-0.2, -0.15) is 0 Å². The summed E-state index contributed by atoms with van der Waals surface area (Å²) in [5.41, 5.74) is 2.10. The van der Waals surface area contributed by atoms with Crippen LogP contribution in [0.4, 0.5) is 14.0 Å². The third-order valence-corrected chi connectivity index (χ3v) is 5.52. The lowest BCUT2D eigenvalue weighted by Crippen LogP contribution is -2.26. The molecule has 5 rings (SSSR count). The summed E-state index contributed by atoms with van der Waals surface area (Å²) >= 11 is 0. The molecular formula is C24H20FN5O6. The van der Waals surface area contributed by atoms with Crippen LogP contribution in [-0.4, -0.2) is 54.9 Å². The molecule has 36 heavy (non-hydrogen) atoms. The fourth-order valence-electron chi connectivity index (χ4n) is 3.70. The molecule has 7 amide bonds. The number of urea groups is 2. The Bertz CT molecular complexity index is 1360. The predicted molar refractivity (Wildman–Crippen MR) is 122 cm³/mol. The maximum Gasteiger partial charge on any atom is 0.322 e. The second-order valence-corrected chi connectivity index (χ2v) is 7.98. The van der Waals surface area contributed by atoms with E-state index < -0.39 is 41.8 Å². The van der Waals surface area contributed by atoms with Crippen molar-refractivity contribution < 1.29 is 33.1 Å². The number of ether oxygens (including phenoxy) is 1. The number of fused-ring (bicyclic) bond motifs is 1. The average Bonchev–Trinajstić information content (AvgIpc) is 3.45. The number of nitrogens with one attached hydrogen (secondary N) is 4. The number of hydrogen-bond acceptors (Lipinski definition) is 6. The minimum absolute atomic E-state index is 0.00538. The molecule has 2 fully saturated rings. The van der Waals surface area contributed by atoms with Crippen LogP contribution in [0.15, 0.2) is 36.4 Å². The molecule has 184 valence electrons. The van der Waals surface area contributed by atoms with Gasteiger partial charge in [0.2, 0.25) is 0 Å². The number of hydrogen-bond donors (Lipinski definition) is 4. The summed E-state index contributed by atoms with van der Waals surface area (Å²) in [6.45, 7) is 0.707. The molecule has 3 aliphatic rings. The first kappa shape index (κ1) is 24.2. The van der Waals surface area contributed by atoms with Gasteiger partial charge in [-0.25, -0.2) is 14.0 Å². The van der Waals surface area contributed by atoms with Crippen molar-refractivity contribution in [3.63, 3.8) is 0 Å². The molecule has 2 aromatic rings. The number of halogens is 1. The molecular weight excluding hydrogens is 473 g/mol. The topological polar surface area (TPSA) is 146 Å². The summed E-state index contributed by atoms with van der Waals surface area (Å²) in [6.07, 6.45) is 0. The Hall–Kier alpha value is -4.92. The molecule has 0 aliphatic carbocycles. The van der Waals surface area contributed by atoms with E-state index >= 15 is 0 Å². The molecule has 2 aromatic carbocycles. The highest BCUT2D eigenvalue weighted by molar-refractivity contribution is 6.06. The van der Waals surface area contributed by atoms with Gasteiger partial charge in [-0.05, 0) is 29.8 Å². The van der Waals surface area contributed by atoms with Crippen LogP contribution in [0.1, 0.15) is 33.1 Å². The van der Waals surface area contributed by atoms with E-state index in [1.165, 1.54) is 12.1 Å². The number of amides is 7. The average molecular weight is 493 g/mol. The van der Waals surface area contributed by atoms with Crippen molar-refractivity contribution in [3.8, 4) is 17.6 Å². The Morgan fingerprint density at radius 3 is 2.31 bits per heavy atom. The minimum Gasteiger partial charge on any atom is -0.497 e. The Morgan fingerprint density at radius 2 is 1.69 bits per heavy atom. The van der Waals surface area contributed by atoms with Crippen molar-refractivity contribution in [2.75, 3.05) is 14.2 Å². The van der Waals surface area contributed by atoms with Gasteiger partial charge in [-0.15, -0.1) is 0 Å². The van der Waals surface area contributed by atoms with E-state index in [1.807, 2.05) is 22.8 Å². The number of carbonyl (C=O) groups is 5. The fraction of sp³-hybridized carbons (Fsp3) is 0.208. The van der Waals surface area contributed by atoms with E-state index in [4.69, 9.17) is 4.74 Å². The van der Waals surface area contributed by atoms with Gasteiger partial charge in [0.25, 0.3) is 17.7 Å². The van der Waals surface area contributed by atoms with Gasteiger partial charge in [0.1, 0.15) is 17.6 Å². The van der Waals surface area contributed by atoms with Gasteiger partial charge in [0.15, 0.2) is 6.04 Å². The van der Waals surface area contributed by atoms with Crippen molar-refractivity contribution >= 4 is 29.8 Å². The Kier molecular flexibility index (Phi) is 6.56. The van der Waals surface area contributed by atoms with Crippen molar-refractivity contribution in [2.45, 2.75) is 18.6 Å². The molecule has 0 aromatic heterocycles. The van der Waals surface area contributed by atoms with Crippen LogP contribution in [0.25, 0.3) is 0 Å². The van der Waals surface area contributed by atoms with E-state index in [0.29, 0.717) is 6.54 Å².